The summed E-state index contributed by atoms with van der Waals surface area (Å²) in [6.07, 6.45) is 0. The fraction of sp³-hybridized carbons (Fsp3) is 0.538. The highest BCUT2D eigenvalue weighted by Crippen LogP contribution is 2.17. The van der Waals surface area contributed by atoms with Crippen molar-refractivity contribution in [2.24, 2.45) is 0 Å². The Kier molecular flexibility index (Phi) is 5.38. The summed E-state index contributed by atoms with van der Waals surface area (Å²) in [5, 5.41) is 12.7. The molecule has 0 saturated carbocycles. The average Bonchev–Trinajstić information content (AvgIpc) is 2.28. The van der Waals surface area contributed by atoms with Gasteiger partial charge in [-0.3, -0.25) is 0 Å². The van der Waals surface area contributed by atoms with Crippen LogP contribution in [-0.2, 0) is 6.54 Å². The number of phenolic OH excluding ortho intramolecular Hbond substituents is 1. The number of phenols is 1. The van der Waals surface area contributed by atoms with Gasteiger partial charge in [-0.2, -0.15) is 0 Å². The van der Waals surface area contributed by atoms with Crippen molar-refractivity contribution < 1.29 is 9.50 Å². The van der Waals surface area contributed by atoms with Gasteiger partial charge in [-0.15, -0.1) is 0 Å². The molecular weight excluding hydrogens is 219 g/mol. The molecule has 0 amide bonds. The van der Waals surface area contributed by atoms with E-state index in [9.17, 15) is 9.50 Å². The van der Waals surface area contributed by atoms with Gasteiger partial charge >= 0.3 is 0 Å². The lowest BCUT2D eigenvalue weighted by Gasteiger charge is -2.21. The third-order valence-corrected chi connectivity index (χ3v) is 2.88. The first-order chi connectivity index (χ1) is 8.00. The minimum absolute atomic E-state index is 0.135. The molecule has 0 atom stereocenters. The van der Waals surface area contributed by atoms with Crippen LogP contribution in [0, 0.1) is 5.82 Å². The Bertz CT molecular complexity index is 355. The van der Waals surface area contributed by atoms with E-state index in [1.54, 1.807) is 0 Å². The summed E-state index contributed by atoms with van der Waals surface area (Å²) >= 11 is 0. The third kappa shape index (κ3) is 4.71. The smallest absolute Gasteiger partial charge is 0.123 e. The minimum atomic E-state index is -0.320. The topological polar surface area (TPSA) is 35.5 Å². The monoisotopic (exact) mass is 240 g/mol. The van der Waals surface area contributed by atoms with Gasteiger partial charge in [-0.05, 0) is 39.1 Å². The maximum atomic E-state index is 12.9. The molecule has 0 radical (unpaired) electrons. The van der Waals surface area contributed by atoms with Crippen LogP contribution in [0.2, 0.25) is 0 Å². The van der Waals surface area contributed by atoms with Crippen LogP contribution < -0.4 is 5.32 Å². The molecule has 0 aromatic heterocycles. The van der Waals surface area contributed by atoms with E-state index in [0.717, 1.165) is 13.1 Å². The van der Waals surface area contributed by atoms with E-state index in [1.165, 1.54) is 18.2 Å². The predicted octanol–water partition coefficient (Wildman–Crippen LogP) is 1.96. The van der Waals surface area contributed by atoms with Gasteiger partial charge in [0.25, 0.3) is 0 Å². The number of hydrogen-bond donors (Lipinski definition) is 2. The maximum absolute atomic E-state index is 12.9. The largest absolute Gasteiger partial charge is 0.508 e. The number of likely N-dealkylation sites (N-methyl/N-ethyl adjacent to an activating group) is 1. The number of aromatic hydroxyl groups is 1. The zero-order valence-electron chi connectivity index (χ0n) is 10.7. The molecule has 3 nitrogen and oxygen atoms in total. The number of benzene rings is 1. The van der Waals surface area contributed by atoms with E-state index < -0.39 is 0 Å². The quantitative estimate of drug-likeness (QED) is 0.746. The van der Waals surface area contributed by atoms with E-state index in [1.807, 2.05) is 0 Å². The molecule has 1 aromatic rings. The van der Waals surface area contributed by atoms with E-state index in [-0.39, 0.29) is 11.6 Å². The summed E-state index contributed by atoms with van der Waals surface area (Å²) in [6, 6.07) is 4.51. The van der Waals surface area contributed by atoms with Gasteiger partial charge in [-0.1, -0.05) is 0 Å². The average molecular weight is 240 g/mol. The minimum Gasteiger partial charge on any atom is -0.508 e. The van der Waals surface area contributed by atoms with Crippen molar-refractivity contribution in [3.05, 3.63) is 29.6 Å². The number of nitrogens with one attached hydrogen (secondary N) is 1. The predicted molar refractivity (Wildman–Crippen MR) is 67.5 cm³/mol. The Balaban J connectivity index is 2.33. The molecule has 0 unspecified atom stereocenters. The molecule has 0 aliphatic heterocycles. The van der Waals surface area contributed by atoms with Crippen LogP contribution in [0.3, 0.4) is 0 Å². The van der Waals surface area contributed by atoms with E-state index >= 15 is 0 Å². The van der Waals surface area contributed by atoms with Crippen LogP contribution in [0.5, 0.6) is 5.75 Å². The Morgan fingerprint density at radius 1 is 1.41 bits per heavy atom. The normalized spacial score (nSPS) is 11.4. The zero-order chi connectivity index (χ0) is 12.8. The van der Waals surface area contributed by atoms with Crippen LogP contribution in [0.15, 0.2) is 18.2 Å². The van der Waals surface area contributed by atoms with Gasteiger partial charge in [0.2, 0.25) is 0 Å². The first kappa shape index (κ1) is 13.9. The van der Waals surface area contributed by atoms with E-state index in [2.05, 4.69) is 31.1 Å². The first-order valence-electron chi connectivity index (χ1n) is 5.89. The van der Waals surface area contributed by atoms with Gasteiger partial charge in [0.05, 0.1) is 0 Å². The zero-order valence-corrected chi connectivity index (χ0v) is 10.7. The Morgan fingerprint density at radius 3 is 2.76 bits per heavy atom. The lowest BCUT2D eigenvalue weighted by atomic mass is 10.2. The van der Waals surface area contributed by atoms with Gasteiger partial charge in [0.1, 0.15) is 11.6 Å². The van der Waals surface area contributed by atoms with Crippen LogP contribution in [0.4, 0.5) is 4.39 Å². The highest BCUT2D eigenvalue weighted by Gasteiger charge is 2.04. The lowest BCUT2D eigenvalue weighted by molar-refractivity contribution is 0.273. The fourth-order valence-electron chi connectivity index (χ4n) is 1.43. The van der Waals surface area contributed by atoms with Crippen LogP contribution >= 0.6 is 0 Å². The Labute approximate surface area is 102 Å². The van der Waals surface area contributed by atoms with Gasteiger partial charge in [-0.25, -0.2) is 4.39 Å². The van der Waals surface area contributed by atoms with Crippen molar-refractivity contribution in [3.8, 4) is 5.75 Å². The van der Waals surface area contributed by atoms with Crippen LogP contribution in [0.1, 0.15) is 19.4 Å². The number of rotatable bonds is 6. The van der Waals surface area contributed by atoms with Crippen molar-refractivity contribution in [3.63, 3.8) is 0 Å². The maximum Gasteiger partial charge on any atom is 0.123 e. The number of halogens is 1. The highest BCUT2D eigenvalue weighted by molar-refractivity contribution is 5.32. The fourth-order valence-corrected chi connectivity index (χ4v) is 1.43. The SMILES string of the molecule is CC(C)N(C)CCNCc1cc(F)ccc1O. The van der Waals surface area contributed by atoms with Gasteiger partial charge in [0.15, 0.2) is 0 Å². The Morgan fingerprint density at radius 2 is 2.12 bits per heavy atom. The van der Waals surface area contributed by atoms with Gasteiger partial charge < -0.3 is 15.3 Å². The molecule has 0 aliphatic carbocycles. The summed E-state index contributed by atoms with van der Waals surface area (Å²) in [5.41, 5.74) is 0.595. The summed E-state index contributed by atoms with van der Waals surface area (Å²) in [6.45, 7) is 6.49. The number of hydrogen-bond acceptors (Lipinski definition) is 3. The first-order valence-corrected chi connectivity index (χ1v) is 5.89. The molecule has 0 spiro atoms. The molecule has 0 saturated heterocycles. The molecule has 4 heteroatoms. The molecule has 0 heterocycles. The van der Waals surface area contributed by atoms with Crippen molar-refractivity contribution >= 4 is 0 Å². The van der Waals surface area contributed by atoms with Crippen molar-refractivity contribution in [2.45, 2.75) is 26.4 Å². The molecule has 0 fully saturated rings. The van der Waals surface area contributed by atoms with E-state index in [0.29, 0.717) is 18.2 Å². The Hall–Kier alpha value is -1.13. The molecule has 0 bridgehead atoms. The number of nitrogens with zero attached hydrogens (tertiary/aromatic N) is 1. The summed E-state index contributed by atoms with van der Waals surface area (Å²) in [4.78, 5) is 2.22. The highest BCUT2D eigenvalue weighted by atomic mass is 19.1. The molecule has 96 valence electrons. The van der Waals surface area contributed by atoms with Crippen molar-refractivity contribution in [1.82, 2.24) is 10.2 Å². The second-order valence-corrected chi connectivity index (χ2v) is 4.52. The summed E-state index contributed by atoms with van der Waals surface area (Å²) in [5.74, 6) is -0.185. The standard InChI is InChI=1S/C13H21FN2O/c1-10(2)16(3)7-6-15-9-11-8-12(14)4-5-13(11)17/h4-5,8,10,15,17H,6-7,9H2,1-3H3. The van der Waals surface area contributed by atoms with Crippen molar-refractivity contribution in [1.29, 1.82) is 0 Å². The molecule has 1 aromatic carbocycles. The second-order valence-electron chi connectivity index (χ2n) is 4.52. The second kappa shape index (κ2) is 6.57. The van der Waals surface area contributed by atoms with Gasteiger partial charge in [0, 0.05) is 31.2 Å². The third-order valence-electron chi connectivity index (χ3n) is 2.88. The molecule has 2 N–H and O–H groups in total. The molecular formula is C13H21FN2O. The molecule has 17 heavy (non-hydrogen) atoms. The van der Waals surface area contributed by atoms with Crippen LogP contribution in [-0.4, -0.2) is 36.2 Å². The van der Waals surface area contributed by atoms with Crippen LogP contribution in [0.25, 0.3) is 0 Å². The lowest BCUT2D eigenvalue weighted by Crippen LogP contribution is -2.33. The van der Waals surface area contributed by atoms with E-state index in [4.69, 9.17) is 0 Å². The summed E-state index contributed by atoms with van der Waals surface area (Å²) < 4.78 is 12.9. The molecule has 0 aliphatic rings. The molecule has 1 rings (SSSR count). The summed E-state index contributed by atoms with van der Waals surface area (Å²) in [7, 11) is 2.06. The van der Waals surface area contributed by atoms with Crippen molar-refractivity contribution in [2.75, 3.05) is 20.1 Å².